The first-order valence-electron chi connectivity index (χ1n) is 11.5. The first kappa shape index (κ1) is 26.6. The van der Waals surface area contributed by atoms with Crippen molar-refractivity contribution in [3.63, 3.8) is 0 Å². The Balaban J connectivity index is 1.86. The Morgan fingerprint density at radius 3 is 2.11 bits per heavy atom. The summed E-state index contributed by atoms with van der Waals surface area (Å²) in [7, 11) is -3.92. The molecule has 0 aliphatic heterocycles. The summed E-state index contributed by atoms with van der Waals surface area (Å²) in [6.45, 7) is 9.68. The third kappa shape index (κ3) is 6.80. The third-order valence-electron chi connectivity index (χ3n) is 5.76. The average molecular weight is 501 g/mol. The summed E-state index contributed by atoms with van der Waals surface area (Å²) in [5.74, 6) is -0.182. The molecule has 3 rings (SSSR count). The molecule has 1 amide bonds. The third-order valence-corrected chi connectivity index (χ3v) is 7.80. The highest BCUT2D eigenvalue weighted by Crippen LogP contribution is 2.25. The van der Waals surface area contributed by atoms with Crippen molar-refractivity contribution >= 4 is 15.9 Å². The van der Waals surface area contributed by atoms with Gasteiger partial charge in [-0.15, -0.1) is 0 Å². The van der Waals surface area contributed by atoms with Gasteiger partial charge in [-0.05, 0) is 66.8 Å². The summed E-state index contributed by atoms with van der Waals surface area (Å²) < 4.78 is 47.0. The average Bonchev–Trinajstić information content (AvgIpc) is 3.30. The fourth-order valence-electron chi connectivity index (χ4n) is 3.67. The molecular weight excluding hydrogens is 467 g/mol. The molecule has 0 unspecified atom stereocenters. The number of benzene rings is 2. The van der Waals surface area contributed by atoms with E-state index in [0.29, 0.717) is 5.76 Å². The van der Waals surface area contributed by atoms with E-state index in [9.17, 15) is 17.6 Å². The van der Waals surface area contributed by atoms with Gasteiger partial charge in [0, 0.05) is 12.6 Å². The van der Waals surface area contributed by atoms with Crippen LogP contribution in [0.3, 0.4) is 0 Å². The van der Waals surface area contributed by atoms with E-state index in [1.807, 2.05) is 12.1 Å². The summed E-state index contributed by atoms with van der Waals surface area (Å²) >= 11 is 0. The lowest BCUT2D eigenvalue weighted by atomic mass is 9.87. The van der Waals surface area contributed by atoms with Crippen LogP contribution in [-0.4, -0.2) is 36.1 Å². The Labute approximate surface area is 207 Å². The maximum atomic E-state index is 13.5. The van der Waals surface area contributed by atoms with Crippen LogP contribution in [0.15, 0.2) is 76.2 Å². The van der Waals surface area contributed by atoms with Gasteiger partial charge in [0.2, 0.25) is 15.9 Å². The SMILES string of the molecule is CC(C)N(CC(=O)N(Cc1ccc(F)cc1)Cc1ccco1)S(=O)(=O)c1ccc(C(C)(C)C)cc1. The second-order valence-corrected chi connectivity index (χ2v) is 11.8. The molecule has 0 saturated heterocycles. The lowest BCUT2D eigenvalue weighted by Crippen LogP contribution is -2.45. The smallest absolute Gasteiger partial charge is 0.243 e. The number of hydrogen-bond acceptors (Lipinski definition) is 4. The number of carbonyl (C=O) groups excluding carboxylic acids is 1. The van der Waals surface area contributed by atoms with Gasteiger partial charge >= 0.3 is 0 Å². The Morgan fingerprint density at radius 2 is 1.60 bits per heavy atom. The Bertz CT molecular complexity index is 1210. The van der Waals surface area contributed by atoms with E-state index in [1.54, 1.807) is 50.2 Å². The van der Waals surface area contributed by atoms with Crippen LogP contribution in [-0.2, 0) is 33.3 Å². The second kappa shape index (κ2) is 10.7. The van der Waals surface area contributed by atoms with E-state index < -0.39 is 16.1 Å². The number of sulfonamides is 1. The number of amides is 1. The van der Waals surface area contributed by atoms with E-state index in [4.69, 9.17) is 4.42 Å². The van der Waals surface area contributed by atoms with Crippen molar-refractivity contribution in [3.8, 4) is 0 Å². The molecule has 3 aromatic rings. The van der Waals surface area contributed by atoms with Gasteiger partial charge in [-0.25, -0.2) is 12.8 Å². The van der Waals surface area contributed by atoms with Gasteiger partial charge in [-0.3, -0.25) is 4.79 Å². The van der Waals surface area contributed by atoms with Crippen LogP contribution in [0, 0.1) is 5.82 Å². The molecule has 0 aliphatic rings. The molecule has 0 fully saturated rings. The van der Waals surface area contributed by atoms with Crippen LogP contribution >= 0.6 is 0 Å². The topological polar surface area (TPSA) is 70.8 Å². The van der Waals surface area contributed by atoms with Gasteiger partial charge in [-0.1, -0.05) is 45.0 Å². The molecule has 188 valence electrons. The minimum absolute atomic E-state index is 0.108. The van der Waals surface area contributed by atoms with Crippen molar-refractivity contribution < 1.29 is 22.0 Å². The predicted octanol–water partition coefficient (Wildman–Crippen LogP) is 5.34. The highest BCUT2D eigenvalue weighted by atomic mass is 32.2. The van der Waals surface area contributed by atoms with Crippen LogP contribution < -0.4 is 0 Å². The number of rotatable bonds is 9. The minimum Gasteiger partial charge on any atom is -0.467 e. The summed E-state index contributed by atoms with van der Waals surface area (Å²) in [5.41, 5.74) is 1.64. The summed E-state index contributed by atoms with van der Waals surface area (Å²) in [5, 5.41) is 0. The minimum atomic E-state index is -3.92. The number of hydrogen-bond donors (Lipinski definition) is 0. The Kier molecular flexibility index (Phi) is 8.18. The molecule has 0 spiro atoms. The van der Waals surface area contributed by atoms with Crippen molar-refractivity contribution in [2.45, 2.75) is 64.1 Å². The summed E-state index contributed by atoms with van der Waals surface area (Å²) in [4.78, 5) is 15.1. The van der Waals surface area contributed by atoms with Gasteiger partial charge in [-0.2, -0.15) is 4.31 Å². The highest BCUT2D eigenvalue weighted by molar-refractivity contribution is 7.89. The van der Waals surface area contributed by atoms with Crippen LogP contribution in [0.5, 0.6) is 0 Å². The molecule has 2 aromatic carbocycles. The molecule has 0 bridgehead atoms. The highest BCUT2D eigenvalue weighted by Gasteiger charge is 2.31. The number of carbonyl (C=O) groups is 1. The standard InChI is InChI=1S/C27H33FN2O4S/c1-20(2)30(35(32,33)25-14-10-22(11-15-25)27(3,4)5)19-26(31)29(18-24-7-6-16-34-24)17-21-8-12-23(28)13-9-21/h6-16,20H,17-19H2,1-5H3. The van der Waals surface area contributed by atoms with E-state index in [0.717, 1.165) is 11.1 Å². The molecule has 35 heavy (non-hydrogen) atoms. The number of halogens is 1. The largest absolute Gasteiger partial charge is 0.467 e. The van der Waals surface area contributed by atoms with E-state index in [2.05, 4.69) is 20.8 Å². The zero-order valence-electron chi connectivity index (χ0n) is 20.9. The maximum Gasteiger partial charge on any atom is 0.243 e. The van der Waals surface area contributed by atoms with Gasteiger partial charge in [0.15, 0.2) is 0 Å². The van der Waals surface area contributed by atoms with Crippen LogP contribution in [0.1, 0.15) is 51.5 Å². The summed E-state index contributed by atoms with van der Waals surface area (Å²) in [6.07, 6.45) is 1.52. The lowest BCUT2D eigenvalue weighted by Gasteiger charge is -2.29. The molecule has 8 heteroatoms. The van der Waals surface area contributed by atoms with Gasteiger partial charge < -0.3 is 9.32 Å². The fourth-order valence-corrected chi connectivity index (χ4v) is 5.26. The quantitative estimate of drug-likeness (QED) is 0.397. The monoisotopic (exact) mass is 500 g/mol. The molecule has 1 aromatic heterocycles. The van der Waals surface area contributed by atoms with E-state index in [-0.39, 0.29) is 41.7 Å². The zero-order valence-corrected chi connectivity index (χ0v) is 21.7. The normalized spacial score (nSPS) is 12.3. The van der Waals surface area contributed by atoms with Crippen LogP contribution in [0.2, 0.25) is 0 Å². The van der Waals surface area contributed by atoms with Crippen molar-refractivity contribution in [2.75, 3.05) is 6.54 Å². The molecule has 1 heterocycles. The van der Waals surface area contributed by atoms with Crippen molar-refractivity contribution in [2.24, 2.45) is 0 Å². The Hall–Kier alpha value is -2.97. The zero-order chi connectivity index (χ0) is 25.8. The molecule has 0 saturated carbocycles. The van der Waals surface area contributed by atoms with Gasteiger partial charge in [0.1, 0.15) is 11.6 Å². The van der Waals surface area contributed by atoms with Crippen molar-refractivity contribution in [3.05, 3.63) is 89.6 Å². The predicted molar refractivity (Wildman–Crippen MR) is 134 cm³/mol. The van der Waals surface area contributed by atoms with Gasteiger partial charge in [0.05, 0.1) is 24.2 Å². The molecule has 0 atom stereocenters. The number of furan rings is 1. The molecule has 0 aliphatic carbocycles. The number of nitrogens with zero attached hydrogens (tertiary/aromatic N) is 2. The van der Waals surface area contributed by atoms with Crippen LogP contribution in [0.4, 0.5) is 4.39 Å². The van der Waals surface area contributed by atoms with E-state index in [1.165, 1.54) is 27.6 Å². The molecular formula is C27H33FN2O4S. The van der Waals surface area contributed by atoms with Crippen molar-refractivity contribution in [1.29, 1.82) is 0 Å². The van der Waals surface area contributed by atoms with Gasteiger partial charge in [0.25, 0.3) is 0 Å². The first-order valence-corrected chi connectivity index (χ1v) is 13.0. The molecule has 0 radical (unpaired) electrons. The van der Waals surface area contributed by atoms with Crippen LogP contribution in [0.25, 0.3) is 0 Å². The molecule has 0 N–H and O–H groups in total. The lowest BCUT2D eigenvalue weighted by molar-refractivity contribution is -0.133. The fraction of sp³-hybridized carbons (Fsp3) is 0.370. The second-order valence-electron chi connectivity index (χ2n) is 9.87. The van der Waals surface area contributed by atoms with Crippen molar-refractivity contribution in [1.82, 2.24) is 9.21 Å². The summed E-state index contributed by atoms with van der Waals surface area (Å²) in [6, 6.07) is 15.7. The van der Waals surface area contributed by atoms with E-state index >= 15 is 0 Å². The first-order chi connectivity index (χ1) is 16.4. The Morgan fingerprint density at radius 1 is 0.971 bits per heavy atom. The maximum absolute atomic E-state index is 13.5. The molecule has 6 nitrogen and oxygen atoms in total.